The molecule has 3 amide bonds. The lowest BCUT2D eigenvalue weighted by atomic mass is 9.98. The van der Waals surface area contributed by atoms with Gasteiger partial charge in [0.2, 0.25) is 0 Å². The van der Waals surface area contributed by atoms with Gasteiger partial charge in [0, 0.05) is 43.7 Å². The van der Waals surface area contributed by atoms with Crippen LogP contribution >= 0.6 is 35.3 Å². The normalized spacial score (nSPS) is 19.7. The van der Waals surface area contributed by atoms with Crippen molar-refractivity contribution in [2.45, 2.75) is 57.7 Å². The summed E-state index contributed by atoms with van der Waals surface area (Å²) in [6, 6.07) is 2.37. The van der Waals surface area contributed by atoms with Gasteiger partial charge in [0.15, 0.2) is 5.01 Å². The van der Waals surface area contributed by atoms with E-state index in [1.54, 1.807) is 6.07 Å². The number of fused-ring (bicyclic) bond motifs is 1. The Morgan fingerprint density at radius 2 is 1.95 bits per heavy atom. The van der Waals surface area contributed by atoms with Gasteiger partial charge in [-0.2, -0.15) is 0 Å². The van der Waals surface area contributed by atoms with Gasteiger partial charge >= 0.3 is 11.8 Å². The van der Waals surface area contributed by atoms with Crippen LogP contribution in [0.15, 0.2) is 18.3 Å². The van der Waals surface area contributed by atoms with E-state index in [2.05, 4.69) is 49.7 Å². The fourth-order valence-corrected chi connectivity index (χ4v) is 5.84. The zero-order chi connectivity index (χ0) is 26.4. The quantitative estimate of drug-likeness (QED) is 0.323. The van der Waals surface area contributed by atoms with E-state index in [1.807, 2.05) is 0 Å². The third-order valence-electron chi connectivity index (χ3n) is 6.70. The fourth-order valence-electron chi connectivity index (χ4n) is 4.63. The highest BCUT2D eigenvalue weighted by Crippen LogP contribution is 2.25. The van der Waals surface area contributed by atoms with E-state index >= 15 is 0 Å². The van der Waals surface area contributed by atoms with Crippen LogP contribution in [0.5, 0.6) is 0 Å². The Morgan fingerprint density at radius 3 is 2.68 bits per heavy atom. The van der Waals surface area contributed by atoms with Crippen LogP contribution in [0.1, 0.15) is 53.0 Å². The molecule has 0 spiro atoms. The second kappa shape index (κ2) is 14.2. The first kappa shape index (κ1) is 30.2. The summed E-state index contributed by atoms with van der Waals surface area (Å²) in [5, 5.41) is 9.29. The summed E-state index contributed by atoms with van der Waals surface area (Å²) in [5.41, 5.74) is 0.996. The number of anilines is 1. The zero-order valence-corrected chi connectivity index (χ0v) is 24.1. The van der Waals surface area contributed by atoms with E-state index in [0.29, 0.717) is 23.0 Å². The Labute approximate surface area is 238 Å². The van der Waals surface area contributed by atoms with Gasteiger partial charge in [0.1, 0.15) is 5.82 Å². The molecule has 2 aliphatic heterocycles. The number of unbranched alkanes of at least 4 members (excludes halogenated alkanes) is 2. The number of piperidine rings is 1. The molecular weight excluding hydrogens is 549 g/mol. The van der Waals surface area contributed by atoms with E-state index < -0.39 is 11.8 Å². The van der Waals surface area contributed by atoms with E-state index in [-0.39, 0.29) is 36.2 Å². The Hall–Kier alpha value is -2.31. The van der Waals surface area contributed by atoms with Crippen molar-refractivity contribution in [2.75, 3.05) is 38.5 Å². The molecule has 208 valence electrons. The first-order valence-electron chi connectivity index (χ1n) is 12.8. The molecule has 0 radical (unpaired) electrons. The zero-order valence-electron chi connectivity index (χ0n) is 21.7. The average Bonchev–Trinajstić information content (AvgIpc) is 3.30. The number of amides is 3. The summed E-state index contributed by atoms with van der Waals surface area (Å²) in [5.74, 6) is -1.59. The van der Waals surface area contributed by atoms with Gasteiger partial charge in [0.25, 0.3) is 5.91 Å². The van der Waals surface area contributed by atoms with Gasteiger partial charge in [-0.3, -0.25) is 14.4 Å². The molecule has 0 bridgehead atoms. The molecular formula is C25H35Cl2N7O3S. The summed E-state index contributed by atoms with van der Waals surface area (Å²) in [6.45, 7) is 6.19. The molecule has 2 aromatic rings. The number of likely N-dealkylation sites (N-methyl/N-ethyl adjacent to an activating group) is 1. The second-order valence-electron chi connectivity index (χ2n) is 9.65. The van der Waals surface area contributed by atoms with E-state index in [1.165, 1.54) is 23.6 Å². The van der Waals surface area contributed by atoms with Crippen molar-refractivity contribution in [3.63, 3.8) is 0 Å². The van der Waals surface area contributed by atoms with E-state index in [4.69, 9.17) is 11.6 Å². The number of rotatable bonds is 8. The van der Waals surface area contributed by atoms with Crippen LogP contribution in [0, 0.1) is 0 Å². The number of hydrogen-bond acceptors (Lipinski definition) is 8. The molecule has 0 aromatic carbocycles. The number of nitrogens with zero attached hydrogens (tertiary/aromatic N) is 4. The van der Waals surface area contributed by atoms with Crippen LogP contribution in [0.2, 0.25) is 5.02 Å². The number of hydrogen-bond donors (Lipinski definition) is 3. The number of likely N-dealkylation sites (tertiary alicyclic amines) is 1. The highest BCUT2D eigenvalue weighted by Gasteiger charge is 2.34. The molecule has 1 fully saturated rings. The molecule has 0 unspecified atom stereocenters. The maximum absolute atomic E-state index is 13.2. The molecule has 0 saturated carbocycles. The molecule has 2 aliphatic rings. The second-order valence-corrected chi connectivity index (χ2v) is 11.2. The molecule has 4 heterocycles. The van der Waals surface area contributed by atoms with E-state index in [0.717, 1.165) is 62.4 Å². The van der Waals surface area contributed by atoms with Crippen LogP contribution in [0.3, 0.4) is 0 Å². The molecule has 2 aromatic heterocycles. The van der Waals surface area contributed by atoms with E-state index in [9.17, 15) is 14.4 Å². The minimum absolute atomic E-state index is 0. The predicted octanol–water partition coefficient (Wildman–Crippen LogP) is 2.72. The lowest BCUT2D eigenvalue weighted by molar-refractivity contribution is -0.137. The Bertz CT molecular complexity index is 1110. The highest BCUT2D eigenvalue weighted by molar-refractivity contribution is 7.13. The molecule has 1 saturated heterocycles. The Morgan fingerprint density at radius 1 is 1.13 bits per heavy atom. The number of aromatic nitrogens is 2. The van der Waals surface area contributed by atoms with Gasteiger partial charge in [-0.05, 0) is 38.6 Å². The number of carbonyl (C=O) groups excluding carboxylic acids is 3. The standard InChI is InChI=1S/C25H34ClN7O3S.ClH/c1-3-4-5-10-33-12-9-17(28-22(34)23(35)31-21-7-6-16(26)13-27-21)19(14-33)29-24(36)25-30-18-8-11-32(2)15-20(18)37-25;/h6-7,13,17,19H,3-5,8-12,14-15H2,1-2H3,(H,28,34)(H,29,36)(H,27,31,35);1H/t17-,19+;/m0./s1. The van der Waals surface area contributed by atoms with Gasteiger partial charge in [-0.1, -0.05) is 31.4 Å². The lowest BCUT2D eigenvalue weighted by Gasteiger charge is -2.39. The summed E-state index contributed by atoms with van der Waals surface area (Å²) in [7, 11) is 2.06. The largest absolute Gasteiger partial charge is 0.344 e. The van der Waals surface area contributed by atoms with Crippen LogP contribution in [-0.4, -0.2) is 82.8 Å². The number of nitrogens with one attached hydrogen (secondary N) is 3. The first-order valence-corrected chi connectivity index (χ1v) is 14.0. The maximum atomic E-state index is 13.2. The number of pyridine rings is 1. The average molecular weight is 585 g/mol. The van der Waals surface area contributed by atoms with Gasteiger partial charge < -0.3 is 25.8 Å². The maximum Gasteiger partial charge on any atom is 0.314 e. The van der Waals surface area contributed by atoms with Crippen molar-refractivity contribution in [1.29, 1.82) is 0 Å². The lowest BCUT2D eigenvalue weighted by Crippen LogP contribution is -2.61. The fraction of sp³-hybridized carbons (Fsp3) is 0.560. The molecule has 13 heteroatoms. The number of halogens is 2. The van der Waals surface area contributed by atoms with Crippen molar-refractivity contribution in [2.24, 2.45) is 0 Å². The topological polar surface area (TPSA) is 120 Å². The molecule has 4 rings (SSSR count). The minimum atomic E-state index is -0.818. The van der Waals surface area contributed by atoms with Crippen molar-refractivity contribution in [3.05, 3.63) is 38.9 Å². The molecule has 2 atom stereocenters. The van der Waals surface area contributed by atoms with Crippen molar-refractivity contribution >= 4 is 58.9 Å². The van der Waals surface area contributed by atoms with Crippen LogP contribution < -0.4 is 16.0 Å². The van der Waals surface area contributed by atoms with Gasteiger partial charge in [-0.15, -0.1) is 23.7 Å². The number of thiazole rings is 1. The third-order valence-corrected chi connectivity index (χ3v) is 8.00. The van der Waals surface area contributed by atoms with Crippen molar-refractivity contribution < 1.29 is 14.4 Å². The van der Waals surface area contributed by atoms with Crippen LogP contribution in [-0.2, 0) is 22.6 Å². The van der Waals surface area contributed by atoms with Crippen molar-refractivity contribution in [1.82, 2.24) is 30.4 Å². The smallest absolute Gasteiger partial charge is 0.314 e. The first-order chi connectivity index (χ1) is 17.8. The highest BCUT2D eigenvalue weighted by atomic mass is 35.5. The predicted molar refractivity (Wildman–Crippen MR) is 151 cm³/mol. The monoisotopic (exact) mass is 583 g/mol. The Kier molecular flexibility index (Phi) is 11.3. The minimum Gasteiger partial charge on any atom is -0.344 e. The van der Waals surface area contributed by atoms with Gasteiger partial charge in [-0.25, -0.2) is 9.97 Å². The summed E-state index contributed by atoms with van der Waals surface area (Å²) in [4.78, 5) is 52.7. The summed E-state index contributed by atoms with van der Waals surface area (Å²) >= 11 is 7.26. The van der Waals surface area contributed by atoms with Gasteiger partial charge in [0.05, 0.1) is 22.8 Å². The summed E-state index contributed by atoms with van der Waals surface area (Å²) in [6.07, 6.45) is 6.20. The molecule has 10 nitrogen and oxygen atoms in total. The van der Waals surface area contributed by atoms with Crippen LogP contribution in [0.4, 0.5) is 5.82 Å². The van der Waals surface area contributed by atoms with Crippen LogP contribution in [0.25, 0.3) is 0 Å². The molecule has 0 aliphatic carbocycles. The third kappa shape index (κ3) is 8.09. The number of carbonyl (C=O) groups is 3. The molecule has 38 heavy (non-hydrogen) atoms. The van der Waals surface area contributed by atoms with Crippen molar-refractivity contribution in [3.8, 4) is 0 Å². The molecule has 3 N–H and O–H groups in total. The SMILES string of the molecule is CCCCCN1CC[C@H](NC(=O)C(=O)Nc2ccc(Cl)cn2)[C@H](NC(=O)c2nc3c(s2)CN(C)CC3)C1.Cl. The summed E-state index contributed by atoms with van der Waals surface area (Å²) < 4.78 is 0. The Balaban J connectivity index is 0.00000400.